The van der Waals surface area contributed by atoms with Crippen LogP contribution in [-0.2, 0) is 9.63 Å². The molecule has 0 heterocycles. The predicted molar refractivity (Wildman–Crippen MR) is 87.1 cm³/mol. The second-order valence-corrected chi connectivity index (χ2v) is 6.81. The van der Waals surface area contributed by atoms with Crippen LogP contribution >= 0.6 is 0 Å². The fourth-order valence-corrected chi connectivity index (χ4v) is 1.84. The van der Waals surface area contributed by atoms with Crippen molar-refractivity contribution in [3.05, 3.63) is 48.6 Å². The first-order valence-electron chi connectivity index (χ1n) is 7.15. The van der Waals surface area contributed by atoms with Gasteiger partial charge in [0.05, 0.1) is 11.1 Å². The summed E-state index contributed by atoms with van der Waals surface area (Å²) >= 11 is 0. The molecular formula is C18H25NO2. The van der Waals surface area contributed by atoms with Crippen molar-refractivity contribution in [3.63, 3.8) is 0 Å². The van der Waals surface area contributed by atoms with Gasteiger partial charge < -0.3 is 4.84 Å². The van der Waals surface area contributed by atoms with Gasteiger partial charge in [-0.1, -0.05) is 55.4 Å². The Hall–Kier alpha value is -1.90. The van der Waals surface area contributed by atoms with Crippen molar-refractivity contribution in [1.82, 2.24) is 0 Å². The highest BCUT2D eigenvalue weighted by molar-refractivity contribution is 6.04. The highest BCUT2D eigenvalue weighted by Crippen LogP contribution is 2.28. The Morgan fingerprint density at radius 2 is 1.76 bits per heavy atom. The molecule has 21 heavy (non-hydrogen) atoms. The molecule has 0 radical (unpaired) electrons. The van der Waals surface area contributed by atoms with Crippen LogP contribution in [0.2, 0.25) is 0 Å². The minimum Gasteiger partial charge on any atom is -0.317 e. The summed E-state index contributed by atoms with van der Waals surface area (Å²) in [4.78, 5) is 17.1. The largest absolute Gasteiger partial charge is 0.340 e. The summed E-state index contributed by atoms with van der Waals surface area (Å²) in [6.07, 6.45) is 2.60. The zero-order valence-electron chi connectivity index (χ0n) is 13.6. The van der Waals surface area contributed by atoms with E-state index in [0.29, 0.717) is 0 Å². The number of benzene rings is 1. The molecule has 0 N–H and O–H groups in total. The maximum Gasteiger partial charge on any atom is 0.340 e. The number of carbonyl (C=O) groups is 1. The lowest BCUT2D eigenvalue weighted by molar-refractivity contribution is -0.153. The molecule has 114 valence electrons. The Morgan fingerprint density at radius 3 is 2.24 bits per heavy atom. The molecule has 3 nitrogen and oxygen atoms in total. The lowest BCUT2D eigenvalue weighted by Crippen LogP contribution is -2.27. The van der Waals surface area contributed by atoms with E-state index in [0.717, 1.165) is 17.7 Å². The van der Waals surface area contributed by atoms with Gasteiger partial charge in [-0.25, -0.2) is 4.79 Å². The second kappa shape index (κ2) is 6.70. The van der Waals surface area contributed by atoms with Crippen LogP contribution in [0.1, 0.15) is 46.6 Å². The fourth-order valence-electron chi connectivity index (χ4n) is 1.84. The Kier molecular flexibility index (Phi) is 5.47. The topological polar surface area (TPSA) is 38.7 Å². The molecule has 0 amide bonds. The van der Waals surface area contributed by atoms with Crippen LogP contribution in [0.5, 0.6) is 0 Å². The first-order valence-corrected chi connectivity index (χ1v) is 7.15. The minimum absolute atomic E-state index is 0.263. The van der Waals surface area contributed by atoms with Crippen molar-refractivity contribution in [1.29, 1.82) is 0 Å². The summed E-state index contributed by atoms with van der Waals surface area (Å²) in [5.74, 6) is -0.342. The SMILES string of the molecule is C=CCC(C)(C)/C(=N\OC(=O)C(C)(C)C)c1ccccc1. The van der Waals surface area contributed by atoms with Crippen LogP contribution in [0.4, 0.5) is 0 Å². The average Bonchev–Trinajstić information content (AvgIpc) is 2.38. The Bertz CT molecular complexity index is 522. The number of hydrogen-bond donors (Lipinski definition) is 0. The molecule has 1 aromatic carbocycles. The normalized spacial score (nSPS) is 12.9. The lowest BCUT2D eigenvalue weighted by atomic mass is 9.80. The van der Waals surface area contributed by atoms with Gasteiger partial charge in [-0.2, -0.15) is 0 Å². The molecule has 0 saturated carbocycles. The zero-order chi connectivity index (χ0) is 16.1. The van der Waals surface area contributed by atoms with E-state index in [1.54, 1.807) is 0 Å². The predicted octanol–water partition coefficient (Wildman–Crippen LogP) is 4.58. The van der Waals surface area contributed by atoms with Crippen LogP contribution in [-0.4, -0.2) is 11.7 Å². The third-order valence-electron chi connectivity index (χ3n) is 3.18. The van der Waals surface area contributed by atoms with E-state index in [1.165, 1.54) is 0 Å². The van der Waals surface area contributed by atoms with Gasteiger partial charge in [0.15, 0.2) is 0 Å². The van der Waals surface area contributed by atoms with E-state index < -0.39 is 5.41 Å². The van der Waals surface area contributed by atoms with Crippen molar-refractivity contribution >= 4 is 11.7 Å². The standard InChI is InChI=1S/C18H25NO2/c1-7-13-18(5,6)15(14-11-9-8-10-12-14)19-21-16(20)17(2,3)4/h7-12H,1,13H2,2-6H3/b19-15-. The first-order chi connectivity index (χ1) is 9.68. The van der Waals surface area contributed by atoms with E-state index in [1.807, 2.05) is 57.2 Å². The number of hydrogen-bond acceptors (Lipinski definition) is 3. The number of rotatable bonds is 5. The van der Waals surface area contributed by atoms with Gasteiger partial charge in [0.25, 0.3) is 0 Å². The Morgan fingerprint density at radius 1 is 1.19 bits per heavy atom. The van der Waals surface area contributed by atoms with Crippen molar-refractivity contribution in [2.24, 2.45) is 16.0 Å². The van der Waals surface area contributed by atoms with Crippen molar-refractivity contribution in [2.75, 3.05) is 0 Å². The van der Waals surface area contributed by atoms with Gasteiger partial charge in [0.2, 0.25) is 0 Å². The summed E-state index contributed by atoms with van der Waals surface area (Å²) in [5.41, 5.74) is 0.862. The number of allylic oxidation sites excluding steroid dienone is 1. The van der Waals surface area contributed by atoms with Crippen LogP contribution in [0, 0.1) is 10.8 Å². The molecule has 1 rings (SSSR count). The second-order valence-electron chi connectivity index (χ2n) is 6.81. The molecule has 0 spiro atoms. The van der Waals surface area contributed by atoms with Gasteiger partial charge in [-0.3, -0.25) is 0 Å². The summed E-state index contributed by atoms with van der Waals surface area (Å²) < 4.78 is 0. The smallest absolute Gasteiger partial charge is 0.317 e. The third kappa shape index (κ3) is 4.85. The van der Waals surface area contributed by atoms with E-state index in [-0.39, 0.29) is 11.4 Å². The van der Waals surface area contributed by atoms with Crippen LogP contribution in [0.3, 0.4) is 0 Å². The highest BCUT2D eigenvalue weighted by atomic mass is 16.7. The number of carbonyl (C=O) groups excluding carboxylic acids is 1. The van der Waals surface area contributed by atoms with Gasteiger partial charge in [-0.05, 0) is 32.8 Å². The molecule has 0 saturated heterocycles. The van der Waals surface area contributed by atoms with E-state index in [4.69, 9.17) is 4.84 Å². The molecule has 0 aromatic heterocycles. The number of nitrogens with zero attached hydrogens (tertiary/aromatic N) is 1. The van der Waals surface area contributed by atoms with Crippen molar-refractivity contribution in [3.8, 4) is 0 Å². The van der Waals surface area contributed by atoms with Crippen molar-refractivity contribution in [2.45, 2.75) is 41.0 Å². The zero-order valence-corrected chi connectivity index (χ0v) is 13.6. The number of oxime groups is 1. The molecule has 0 unspecified atom stereocenters. The lowest BCUT2D eigenvalue weighted by Gasteiger charge is -2.25. The van der Waals surface area contributed by atoms with Crippen LogP contribution in [0.25, 0.3) is 0 Å². The van der Waals surface area contributed by atoms with E-state index >= 15 is 0 Å². The Labute approximate surface area is 127 Å². The first kappa shape index (κ1) is 17.2. The van der Waals surface area contributed by atoms with Gasteiger partial charge >= 0.3 is 5.97 Å². The quantitative estimate of drug-likeness (QED) is 0.344. The molecule has 0 aliphatic heterocycles. The van der Waals surface area contributed by atoms with E-state index in [9.17, 15) is 4.79 Å². The van der Waals surface area contributed by atoms with Crippen molar-refractivity contribution < 1.29 is 9.63 Å². The third-order valence-corrected chi connectivity index (χ3v) is 3.18. The summed E-state index contributed by atoms with van der Waals surface area (Å²) in [5, 5.41) is 4.17. The summed E-state index contributed by atoms with van der Waals surface area (Å²) in [6, 6.07) is 9.77. The summed E-state index contributed by atoms with van der Waals surface area (Å²) in [7, 11) is 0. The van der Waals surface area contributed by atoms with Gasteiger partial charge in [-0.15, -0.1) is 6.58 Å². The van der Waals surface area contributed by atoms with Gasteiger partial charge in [0, 0.05) is 5.41 Å². The summed E-state index contributed by atoms with van der Waals surface area (Å²) in [6.45, 7) is 13.3. The molecule has 0 fully saturated rings. The van der Waals surface area contributed by atoms with Crippen LogP contribution < -0.4 is 0 Å². The Balaban J connectivity index is 3.15. The van der Waals surface area contributed by atoms with Crippen LogP contribution in [0.15, 0.2) is 48.1 Å². The molecular weight excluding hydrogens is 262 g/mol. The molecule has 0 bridgehead atoms. The molecule has 0 atom stereocenters. The van der Waals surface area contributed by atoms with E-state index in [2.05, 4.69) is 25.6 Å². The monoisotopic (exact) mass is 287 g/mol. The maximum atomic E-state index is 11.9. The maximum absolute atomic E-state index is 11.9. The highest BCUT2D eigenvalue weighted by Gasteiger charge is 2.28. The molecule has 3 heteroatoms. The molecule has 1 aromatic rings. The molecule has 0 aliphatic carbocycles. The average molecular weight is 287 g/mol. The molecule has 0 aliphatic rings. The van der Waals surface area contributed by atoms with Gasteiger partial charge in [0.1, 0.15) is 0 Å². The fraction of sp³-hybridized carbons (Fsp3) is 0.444. The minimum atomic E-state index is -0.576.